The second-order valence-electron chi connectivity index (χ2n) is 4.41. The Bertz CT molecular complexity index is 549. The van der Waals surface area contributed by atoms with E-state index in [0.717, 1.165) is 37.6 Å². The van der Waals surface area contributed by atoms with Crippen molar-refractivity contribution < 1.29 is 5.11 Å². The lowest BCUT2D eigenvalue weighted by molar-refractivity contribution is 0.271. The van der Waals surface area contributed by atoms with E-state index in [9.17, 15) is 0 Å². The maximum absolute atomic E-state index is 8.96. The van der Waals surface area contributed by atoms with Crippen molar-refractivity contribution in [1.29, 1.82) is 0 Å². The van der Waals surface area contributed by atoms with Gasteiger partial charge in [0.25, 0.3) is 0 Å². The third-order valence-electron chi connectivity index (χ3n) is 3.14. The van der Waals surface area contributed by atoms with Crippen LogP contribution in [0.3, 0.4) is 0 Å². The second-order valence-corrected chi connectivity index (χ2v) is 4.41. The first-order valence-electron chi connectivity index (χ1n) is 6.33. The molecule has 0 saturated carbocycles. The van der Waals surface area contributed by atoms with Gasteiger partial charge in [0.05, 0.1) is 5.69 Å². The lowest BCUT2D eigenvalue weighted by Gasteiger charge is -2.29. The minimum atomic E-state index is -0.197. The number of benzene rings is 1. The normalized spacial score (nSPS) is 15.7. The van der Waals surface area contributed by atoms with E-state index in [1.54, 1.807) is 0 Å². The number of piperazine rings is 1. The summed E-state index contributed by atoms with van der Waals surface area (Å²) in [7, 11) is 0. The molecule has 0 aliphatic carbocycles. The van der Waals surface area contributed by atoms with E-state index >= 15 is 0 Å². The van der Waals surface area contributed by atoms with E-state index in [1.807, 2.05) is 18.2 Å². The Hall–Kier alpha value is -1.99. The fraction of sp³-hybridized carbons (Fsp3) is 0.417. The SMILES string of the molecule is OCc1nnn(-c2cccc(N3CCNCC3)c2)n1. The molecule has 19 heavy (non-hydrogen) atoms. The maximum Gasteiger partial charge on any atom is 0.200 e. The van der Waals surface area contributed by atoms with Gasteiger partial charge in [0.1, 0.15) is 6.61 Å². The van der Waals surface area contributed by atoms with Gasteiger partial charge in [0, 0.05) is 31.9 Å². The van der Waals surface area contributed by atoms with Crippen molar-refractivity contribution >= 4 is 5.69 Å². The molecule has 1 aliphatic rings. The lowest BCUT2D eigenvalue weighted by atomic mass is 10.2. The van der Waals surface area contributed by atoms with Crippen LogP contribution in [-0.2, 0) is 6.61 Å². The molecule has 0 radical (unpaired) electrons. The smallest absolute Gasteiger partial charge is 0.200 e. The summed E-state index contributed by atoms with van der Waals surface area (Å²) in [5.74, 6) is 0.326. The molecule has 1 aromatic carbocycles. The number of nitrogens with one attached hydrogen (secondary N) is 1. The zero-order valence-electron chi connectivity index (χ0n) is 10.5. The fourth-order valence-electron chi connectivity index (χ4n) is 2.15. The highest BCUT2D eigenvalue weighted by molar-refractivity contribution is 5.53. The number of aliphatic hydroxyl groups is 1. The zero-order chi connectivity index (χ0) is 13.1. The van der Waals surface area contributed by atoms with Crippen molar-refractivity contribution in [3.63, 3.8) is 0 Å². The predicted molar refractivity (Wildman–Crippen MR) is 70.2 cm³/mol. The van der Waals surface area contributed by atoms with Crippen LogP contribution in [0.1, 0.15) is 5.82 Å². The molecule has 2 N–H and O–H groups in total. The van der Waals surface area contributed by atoms with Gasteiger partial charge in [-0.3, -0.25) is 0 Å². The van der Waals surface area contributed by atoms with E-state index < -0.39 is 0 Å². The summed E-state index contributed by atoms with van der Waals surface area (Å²) in [6.07, 6.45) is 0. The average Bonchev–Trinajstić information content (AvgIpc) is 2.97. The highest BCUT2D eigenvalue weighted by Crippen LogP contribution is 2.18. The monoisotopic (exact) mass is 260 g/mol. The fourth-order valence-corrected chi connectivity index (χ4v) is 2.15. The number of nitrogens with zero attached hydrogens (tertiary/aromatic N) is 5. The van der Waals surface area contributed by atoms with Gasteiger partial charge < -0.3 is 15.3 Å². The standard InChI is InChI=1S/C12H16N6O/c19-9-12-14-16-18(15-12)11-3-1-2-10(8-11)17-6-4-13-5-7-17/h1-3,8,13,19H,4-7,9H2. The molecule has 1 saturated heterocycles. The van der Waals surface area contributed by atoms with Crippen molar-refractivity contribution in [2.24, 2.45) is 0 Å². The van der Waals surface area contributed by atoms with Gasteiger partial charge in [-0.15, -0.1) is 15.0 Å². The second kappa shape index (κ2) is 5.33. The number of aliphatic hydroxyl groups excluding tert-OH is 1. The van der Waals surface area contributed by atoms with Gasteiger partial charge in [-0.2, -0.15) is 0 Å². The zero-order valence-corrected chi connectivity index (χ0v) is 10.5. The van der Waals surface area contributed by atoms with Gasteiger partial charge in [0.15, 0.2) is 0 Å². The number of hydrogen-bond acceptors (Lipinski definition) is 6. The van der Waals surface area contributed by atoms with Crippen molar-refractivity contribution in [3.8, 4) is 5.69 Å². The highest BCUT2D eigenvalue weighted by Gasteiger charge is 2.11. The van der Waals surface area contributed by atoms with Crippen LogP contribution >= 0.6 is 0 Å². The Labute approximate surface area is 110 Å². The Morgan fingerprint density at radius 1 is 1.21 bits per heavy atom. The number of aromatic nitrogens is 4. The lowest BCUT2D eigenvalue weighted by Crippen LogP contribution is -2.43. The van der Waals surface area contributed by atoms with Crippen molar-refractivity contribution in [3.05, 3.63) is 30.1 Å². The van der Waals surface area contributed by atoms with Gasteiger partial charge in [-0.1, -0.05) is 6.07 Å². The van der Waals surface area contributed by atoms with Crippen molar-refractivity contribution in [1.82, 2.24) is 25.5 Å². The topological polar surface area (TPSA) is 79.1 Å². The number of rotatable bonds is 3. The molecule has 0 spiro atoms. The van der Waals surface area contributed by atoms with Crippen LogP contribution in [-0.4, -0.2) is 51.5 Å². The summed E-state index contributed by atoms with van der Waals surface area (Å²) in [5, 5.41) is 24.1. The van der Waals surface area contributed by atoms with Crippen LogP contribution in [0.4, 0.5) is 5.69 Å². The molecule has 0 unspecified atom stereocenters. The molecule has 0 amide bonds. The Kier molecular flexibility index (Phi) is 3.39. The molecular weight excluding hydrogens is 244 g/mol. The minimum Gasteiger partial charge on any atom is -0.388 e. The third kappa shape index (κ3) is 2.56. The average molecular weight is 260 g/mol. The third-order valence-corrected chi connectivity index (χ3v) is 3.14. The molecule has 0 bridgehead atoms. The molecule has 7 heteroatoms. The van der Waals surface area contributed by atoms with Crippen LogP contribution in [0.2, 0.25) is 0 Å². The predicted octanol–water partition coefficient (Wildman–Crippen LogP) is -0.436. The van der Waals surface area contributed by atoms with Crippen LogP contribution < -0.4 is 10.2 Å². The van der Waals surface area contributed by atoms with Gasteiger partial charge in [0.2, 0.25) is 5.82 Å². The highest BCUT2D eigenvalue weighted by atomic mass is 16.3. The first-order valence-corrected chi connectivity index (χ1v) is 6.33. The van der Waals surface area contributed by atoms with Gasteiger partial charge >= 0.3 is 0 Å². The van der Waals surface area contributed by atoms with E-state index in [2.05, 4.69) is 31.7 Å². The van der Waals surface area contributed by atoms with Crippen LogP contribution in [0.25, 0.3) is 5.69 Å². The van der Waals surface area contributed by atoms with Crippen LogP contribution in [0.5, 0.6) is 0 Å². The van der Waals surface area contributed by atoms with E-state index in [1.165, 1.54) is 4.80 Å². The molecule has 3 rings (SSSR count). The number of hydrogen-bond donors (Lipinski definition) is 2. The summed E-state index contributed by atoms with van der Waals surface area (Å²) in [6.45, 7) is 3.80. The van der Waals surface area contributed by atoms with Crippen LogP contribution in [0.15, 0.2) is 24.3 Å². The minimum absolute atomic E-state index is 0.197. The van der Waals surface area contributed by atoms with Gasteiger partial charge in [-0.05, 0) is 23.4 Å². The maximum atomic E-state index is 8.96. The molecular formula is C12H16N6O. The molecule has 100 valence electrons. The number of tetrazole rings is 1. The molecule has 1 aromatic heterocycles. The molecule has 2 heterocycles. The number of anilines is 1. The summed E-state index contributed by atoms with van der Waals surface area (Å²) in [4.78, 5) is 3.77. The first kappa shape index (κ1) is 12.1. The van der Waals surface area contributed by atoms with Crippen molar-refractivity contribution in [2.45, 2.75) is 6.61 Å². The Morgan fingerprint density at radius 3 is 2.74 bits per heavy atom. The molecule has 7 nitrogen and oxygen atoms in total. The van der Waals surface area contributed by atoms with Crippen LogP contribution in [0, 0.1) is 0 Å². The van der Waals surface area contributed by atoms with Crippen molar-refractivity contribution in [2.75, 3.05) is 31.1 Å². The Morgan fingerprint density at radius 2 is 2.00 bits per heavy atom. The molecule has 1 fully saturated rings. The summed E-state index contributed by atoms with van der Waals surface area (Å²) in [5.41, 5.74) is 2.00. The molecule has 2 aromatic rings. The largest absolute Gasteiger partial charge is 0.388 e. The molecule has 1 aliphatic heterocycles. The van der Waals surface area contributed by atoms with E-state index in [4.69, 9.17) is 5.11 Å². The summed E-state index contributed by atoms with van der Waals surface area (Å²) >= 11 is 0. The van der Waals surface area contributed by atoms with E-state index in [-0.39, 0.29) is 6.61 Å². The summed E-state index contributed by atoms with van der Waals surface area (Å²) in [6, 6.07) is 8.02. The molecule has 0 atom stereocenters. The summed E-state index contributed by atoms with van der Waals surface area (Å²) < 4.78 is 0. The van der Waals surface area contributed by atoms with E-state index in [0.29, 0.717) is 5.82 Å². The van der Waals surface area contributed by atoms with Gasteiger partial charge in [-0.25, -0.2) is 0 Å². The Balaban J connectivity index is 1.86. The quantitative estimate of drug-likeness (QED) is 0.779. The first-order chi connectivity index (χ1) is 9.36.